The number of carbonyl (C=O) groups excluding carboxylic acids is 1. The first-order chi connectivity index (χ1) is 7.62. The molecule has 1 rings (SSSR count). The third-order valence-corrected chi connectivity index (χ3v) is 2.49. The quantitative estimate of drug-likeness (QED) is 0.562. The van der Waals surface area contributed by atoms with Gasteiger partial charge in [-0.25, -0.2) is 4.79 Å². The largest absolute Gasteiger partial charge is 0.465 e. The number of hydrogen-bond acceptors (Lipinski definition) is 5. The number of esters is 1. The molecule has 0 aromatic heterocycles. The molecular formula is C11H18O5. The molecule has 16 heavy (non-hydrogen) atoms. The highest BCUT2D eigenvalue weighted by molar-refractivity contribution is 5.77. The van der Waals surface area contributed by atoms with E-state index in [2.05, 4.69) is 4.74 Å². The lowest BCUT2D eigenvalue weighted by Gasteiger charge is -2.34. The smallest absolute Gasteiger partial charge is 0.366 e. The van der Waals surface area contributed by atoms with Crippen LogP contribution in [0.25, 0.3) is 0 Å². The fourth-order valence-corrected chi connectivity index (χ4v) is 1.45. The second-order valence-electron chi connectivity index (χ2n) is 3.82. The third-order valence-electron chi connectivity index (χ3n) is 2.49. The van der Waals surface area contributed by atoms with Crippen LogP contribution in [0.5, 0.6) is 0 Å². The van der Waals surface area contributed by atoms with Gasteiger partial charge in [-0.2, -0.15) is 0 Å². The number of ether oxygens (including phenoxy) is 3. The summed E-state index contributed by atoms with van der Waals surface area (Å²) in [5.74, 6) is -1.58. The highest BCUT2D eigenvalue weighted by Gasteiger charge is 2.41. The van der Waals surface area contributed by atoms with Crippen LogP contribution in [0.2, 0.25) is 0 Å². The van der Waals surface area contributed by atoms with E-state index in [0.29, 0.717) is 13.2 Å². The fraction of sp³-hybridized carbons (Fsp3) is 0.727. The molecule has 0 aromatic carbocycles. The van der Waals surface area contributed by atoms with Crippen molar-refractivity contribution >= 4 is 5.97 Å². The molecule has 0 aliphatic carbocycles. The number of hydrogen-bond donors (Lipinski definition) is 1. The molecule has 1 saturated heterocycles. The Morgan fingerprint density at radius 1 is 1.50 bits per heavy atom. The van der Waals surface area contributed by atoms with Gasteiger partial charge in [0.2, 0.25) is 0 Å². The minimum atomic E-state index is -1.27. The van der Waals surface area contributed by atoms with Crippen LogP contribution in [-0.4, -0.2) is 43.8 Å². The van der Waals surface area contributed by atoms with Gasteiger partial charge in [-0.1, -0.05) is 12.2 Å². The first-order valence-corrected chi connectivity index (χ1v) is 5.24. The summed E-state index contributed by atoms with van der Waals surface area (Å²) in [4.78, 5) is 11.3. The van der Waals surface area contributed by atoms with Gasteiger partial charge in [-0.05, 0) is 6.42 Å². The van der Waals surface area contributed by atoms with Crippen molar-refractivity contribution in [2.75, 3.05) is 26.9 Å². The number of methoxy groups -OCH3 is 1. The zero-order chi connectivity index (χ0) is 12.0. The monoisotopic (exact) mass is 230 g/mol. The van der Waals surface area contributed by atoms with Crippen LogP contribution in [0.4, 0.5) is 0 Å². The Hall–Kier alpha value is -0.910. The molecule has 5 nitrogen and oxygen atoms in total. The van der Waals surface area contributed by atoms with E-state index in [1.165, 1.54) is 7.11 Å². The highest BCUT2D eigenvalue weighted by Crippen LogP contribution is 2.24. The summed E-state index contributed by atoms with van der Waals surface area (Å²) in [6, 6.07) is 0. The van der Waals surface area contributed by atoms with Crippen molar-refractivity contribution in [3.8, 4) is 0 Å². The van der Waals surface area contributed by atoms with Gasteiger partial charge in [0.15, 0.2) is 0 Å². The molecule has 0 aromatic rings. The van der Waals surface area contributed by atoms with Gasteiger partial charge in [0.25, 0.3) is 5.79 Å². The summed E-state index contributed by atoms with van der Waals surface area (Å²) >= 11 is 0. The van der Waals surface area contributed by atoms with E-state index in [-0.39, 0.29) is 12.5 Å². The van der Waals surface area contributed by atoms with Crippen molar-refractivity contribution in [1.29, 1.82) is 0 Å². The Morgan fingerprint density at radius 3 is 2.62 bits per heavy atom. The first-order valence-electron chi connectivity index (χ1n) is 5.24. The van der Waals surface area contributed by atoms with Gasteiger partial charge in [0.05, 0.1) is 26.9 Å². The van der Waals surface area contributed by atoms with Crippen LogP contribution in [0.3, 0.4) is 0 Å². The van der Waals surface area contributed by atoms with Gasteiger partial charge in [-0.15, -0.1) is 0 Å². The Labute approximate surface area is 95.0 Å². The van der Waals surface area contributed by atoms with Crippen molar-refractivity contribution in [3.63, 3.8) is 0 Å². The molecule has 1 aliphatic rings. The summed E-state index contributed by atoms with van der Waals surface area (Å²) in [7, 11) is 1.30. The van der Waals surface area contributed by atoms with Crippen molar-refractivity contribution in [2.24, 2.45) is 5.92 Å². The van der Waals surface area contributed by atoms with E-state index in [9.17, 15) is 4.79 Å². The molecule has 0 radical (unpaired) electrons. The Bertz CT molecular complexity index is 253. The number of carbonyl (C=O) groups is 1. The summed E-state index contributed by atoms with van der Waals surface area (Å²) in [6.07, 6.45) is 4.31. The standard InChI is InChI=1S/C11H18O5/c1-11(10(13)14-2)15-7-9(8-16-11)5-3-4-6-12/h3-4,9,12H,5-8H2,1-2H3/b4-3-. The van der Waals surface area contributed by atoms with E-state index < -0.39 is 11.8 Å². The van der Waals surface area contributed by atoms with Gasteiger partial charge in [0, 0.05) is 12.8 Å². The van der Waals surface area contributed by atoms with E-state index in [4.69, 9.17) is 14.6 Å². The number of rotatable bonds is 4. The molecule has 0 bridgehead atoms. The second-order valence-corrected chi connectivity index (χ2v) is 3.82. The van der Waals surface area contributed by atoms with Crippen LogP contribution in [-0.2, 0) is 19.0 Å². The lowest BCUT2D eigenvalue weighted by Crippen LogP contribution is -2.48. The molecule has 1 N–H and O–H groups in total. The Morgan fingerprint density at radius 2 is 2.12 bits per heavy atom. The van der Waals surface area contributed by atoms with Gasteiger partial charge in [-0.3, -0.25) is 0 Å². The Balaban J connectivity index is 2.38. The van der Waals surface area contributed by atoms with Gasteiger partial charge >= 0.3 is 5.97 Å². The fourth-order valence-electron chi connectivity index (χ4n) is 1.45. The molecule has 0 amide bonds. The third kappa shape index (κ3) is 3.30. The molecule has 0 spiro atoms. The van der Waals surface area contributed by atoms with Crippen LogP contribution in [0.15, 0.2) is 12.2 Å². The summed E-state index contributed by atoms with van der Waals surface area (Å²) in [5, 5.41) is 8.57. The molecule has 5 heteroatoms. The molecule has 1 aliphatic heterocycles. The molecule has 0 unspecified atom stereocenters. The predicted octanol–water partition coefficient (Wildman–Crippen LogP) is 0.477. The van der Waals surface area contributed by atoms with E-state index in [1.54, 1.807) is 13.0 Å². The van der Waals surface area contributed by atoms with Crippen molar-refractivity contribution in [3.05, 3.63) is 12.2 Å². The van der Waals surface area contributed by atoms with Crippen LogP contribution < -0.4 is 0 Å². The van der Waals surface area contributed by atoms with Crippen LogP contribution in [0.1, 0.15) is 13.3 Å². The maximum atomic E-state index is 11.3. The minimum Gasteiger partial charge on any atom is -0.465 e. The lowest BCUT2D eigenvalue weighted by atomic mass is 10.1. The zero-order valence-electron chi connectivity index (χ0n) is 9.64. The molecule has 0 saturated carbocycles. The SMILES string of the molecule is COC(=O)C1(C)OCC(C/C=C\CO)CO1. The maximum absolute atomic E-state index is 11.3. The van der Waals surface area contributed by atoms with E-state index >= 15 is 0 Å². The number of aliphatic hydroxyl groups excluding tert-OH is 1. The molecule has 1 fully saturated rings. The van der Waals surface area contributed by atoms with Crippen LogP contribution >= 0.6 is 0 Å². The Kier molecular flexibility index (Phi) is 4.92. The topological polar surface area (TPSA) is 65.0 Å². The molecule has 92 valence electrons. The molecule has 1 heterocycles. The molecular weight excluding hydrogens is 212 g/mol. The summed E-state index contributed by atoms with van der Waals surface area (Å²) < 4.78 is 15.3. The van der Waals surface area contributed by atoms with E-state index in [1.807, 2.05) is 6.08 Å². The van der Waals surface area contributed by atoms with Crippen LogP contribution in [0, 0.1) is 5.92 Å². The normalized spacial score (nSPS) is 30.6. The van der Waals surface area contributed by atoms with Crippen molar-refractivity contribution in [2.45, 2.75) is 19.1 Å². The highest BCUT2D eigenvalue weighted by atomic mass is 16.7. The second kappa shape index (κ2) is 5.98. The van der Waals surface area contributed by atoms with Crippen molar-refractivity contribution < 1.29 is 24.1 Å². The summed E-state index contributed by atoms with van der Waals surface area (Å²) in [6.45, 7) is 2.48. The van der Waals surface area contributed by atoms with Crippen molar-refractivity contribution in [1.82, 2.24) is 0 Å². The average Bonchev–Trinajstić information content (AvgIpc) is 2.31. The van der Waals surface area contributed by atoms with Gasteiger partial charge in [0.1, 0.15) is 0 Å². The number of allylic oxidation sites excluding steroid dienone is 1. The zero-order valence-corrected chi connectivity index (χ0v) is 9.64. The average molecular weight is 230 g/mol. The van der Waals surface area contributed by atoms with Gasteiger partial charge < -0.3 is 19.3 Å². The maximum Gasteiger partial charge on any atom is 0.366 e. The lowest BCUT2D eigenvalue weighted by molar-refractivity contribution is -0.271. The summed E-state index contributed by atoms with van der Waals surface area (Å²) in [5.41, 5.74) is 0. The molecule has 0 atom stereocenters. The minimum absolute atomic E-state index is 0.0360. The van der Waals surface area contributed by atoms with E-state index in [0.717, 1.165) is 6.42 Å². The number of aliphatic hydroxyl groups is 1. The first kappa shape index (κ1) is 13.2. The predicted molar refractivity (Wildman–Crippen MR) is 56.7 cm³/mol.